The van der Waals surface area contributed by atoms with Gasteiger partial charge in [0.15, 0.2) is 0 Å². The highest BCUT2D eigenvalue weighted by Crippen LogP contribution is 2.38. The quantitative estimate of drug-likeness (QED) is 0.218. The molecule has 0 radical (unpaired) electrons. The summed E-state index contributed by atoms with van der Waals surface area (Å²) in [7, 11) is -4.01. The highest BCUT2D eigenvalue weighted by Gasteiger charge is 2.43. The van der Waals surface area contributed by atoms with Crippen molar-refractivity contribution in [2.75, 3.05) is 13.1 Å². The van der Waals surface area contributed by atoms with E-state index in [2.05, 4.69) is 9.62 Å². The summed E-state index contributed by atoms with van der Waals surface area (Å²) in [5, 5.41) is 0.699. The molecule has 4 aromatic rings. The molecule has 0 bridgehead atoms. The van der Waals surface area contributed by atoms with Crippen LogP contribution in [0.15, 0.2) is 102 Å². The van der Waals surface area contributed by atoms with E-state index >= 15 is 0 Å². The fraction of sp³-hybridized carbons (Fsp3) is 0.200. The summed E-state index contributed by atoms with van der Waals surface area (Å²) in [5.74, 6) is 0.465. The molecular formula is C30H25Cl2F3N2O3S. The van der Waals surface area contributed by atoms with Gasteiger partial charge >= 0.3 is 6.18 Å². The maximum atomic E-state index is 13.6. The molecule has 5 nitrogen and oxygen atoms in total. The van der Waals surface area contributed by atoms with Crippen LogP contribution < -0.4 is 9.46 Å². The Hall–Kier alpha value is -3.08. The van der Waals surface area contributed by atoms with Gasteiger partial charge in [-0.3, -0.25) is 4.90 Å². The van der Waals surface area contributed by atoms with E-state index in [1.165, 1.54) is 36.4 Å². The smallest absolute Gasteiger partial charge is 0.416 e. The number of nitrogens with one attached hydrogen (secondary N) is 1. The van der Waals surface area contributed by atoms with Gasteiger partial charge < -0.3 is 4.74 Å². The number of nitrogens with zero attached hydrogens (tertiary/aromatic N) is 1. The maximum Gasteiger partial charge on any atom is 0.416 e. The fourth-order valence-corrected chi connectivity index (χ4v) is 6.60. The molecule has 0 spiro atoms. The zero-order chi connectivity index (χ0) is 29.3. The van der Waals surface area contributed by atoms with E-state index in [0.29, 0.717) is 41.7 Å². The summed E-state index contributed by atoms with van der Waals surface area (Å²) in [6, 6.07) is 25.0. The van der Waals surface area contributed by atoms with Crippen molar-refractivity contribution in [3.8, 4) is 11.5 Å². The van der Waals surface area contributed by atoms with Crippen LogP contribution in [-0.4, -0.2) is 26.4 Å². The molecule has 1 fully saturated rings. The molecule has 41 heavy (non-hydrogen) atoms. The Labute approximate surface area is 246 Å². The molecule has 0 amide bonds. The molecule has 0 saturated carbocycles. The molecular weight excluding hydrogens is 596 g/mol. The Morgan fingerprint density at radius 1 is 0.854 bits per heavy atom. The Balaban J connectivity index is 1.37. The predicted octanol–water partition coefficient (Wildman–Crippen LogP) is 7.88. The van der Waals surface area contributed by atoms with Gasteiger partial charge in [0.05, 0.1) is 26.0 Å². The van der Waals surface area contributed by atoms with Crippen LogP contribution in [0.2, 0.25) is 10.0 Å². The first kappa shape index (κ1) is 29.4. The lowest BCUT2D eigenvalue weighted by Crippen LogP contribution is -2.47. The van der Waals surface area contributed by atoms with Crippen molar-refractivity contribution < 1.29 is 26.3 Å². The van der Waals surface area contributed by atoms with Gasteiger partial charge in [0, 0.05) is 19.6 Å². The molecule has 1 saturated heterocycles. The average molecular weight is 622 g/mol. The molecule has 214 valence electrons. The van der Waals surface area contributed by atoms with Gasteiger partial charge in [-0.2, -0.15) is 17.9 Å². The number of likely N-dealkylation sites (tertiary alicyclic amines) is 1. The number of hydrogen-bond acceptors (Lipinski definition) is 4. The number of ether oxygens (including phenoxy) is 1. The average Bonchev–Trinajstić information content (AvgIpc) is 3.33. The third-order valence-corrected chi connectivity index (χ3v) is 9.24. The third-order valence-electron chi connectivity index (χ3n) is 6.95. The minimum atomic E-state index is -4.45. The van der Waals surface area contributed by atoms with Gasteiger partial charge in [0.25, 0.3) is 0 Å². The molecule has 11 heteroatoms. The Bertz CT molecular complexity index is 1620. The number of hydrogen-bond donors (Lipinski definition) is 1. The summed E-state index contributed by atoms with van der Waals surface area (Å²) in [6.07, 6.45) is -3.94. The van der Waals surface area contributed by atoms with Gasteiger partial charge in [-0.05, 0) is 78.2 Å². The van der Waals surface area contributed by atoms with Crippen LogP contribution in [0.4, 0.5) is 13.2 Å². The van der Waals surface area contributed by atoms with Crippen LogP contribution in [-0.2, 0) is 28.3 Å². The molecule has 1 aliphatic heterocycles. The van der Waals surface area contributed by atoms with Crippen molar-refractivity contribution in [1.82, 2.24) is 9.62 Å². The van der Waals surface area contributed by atoms with Gasteiger partial charge in [-0.25, -0.2) is 8.42 Å². The van der Waals surface area contributed by atoms with Crippen molar-refractivity contribution in [2.45, 2.75) is 29.6 Å². The summed E-state index contributed by atoms with van der Waals surface area (Å²) in [4.78, 5) is 2.19. The van der Waals surface area contributed by atoms with Gasteiger partial charge in [0.2, 0.25) is 10.0 Å². The molecule has 1 heterocycles. The van der Waals surface area contributed by atoms with Crippen LogP contribution in [0.5, 0.6) is 11.5 Å². The van der Waals surface area contributed by atoms with E-state index in [4.69, 9.17) is 27.9 Å². The standard InChI is InChI=1S/C30H25Cl2F3N2O3S/c31-27-15-8-23(18-28(27)32)29(16-17-37(20-29)19-21-4-2-1-3-5-21)36-41(38,39)26-13-11-25(12-14-26)40-24-9-6-22(7-10-24)30(33,34)35/h1-15,18,36H,16-17,19-20H2/t29-/m1/s1. The fourth-order valence-electron chi connectivity index (χ4n) is 4.89. The Kier molecular flexibility index (Phi) is 8.36. The lowest BCUT2D eigenvalue weighted by atomic mass is 9.90. The number of alkyl halides is 3. The molecule has 1 atom stereocenters. The minimum absolute atomic E-state index is 0.0122. The minimum Gasteiger partial charge on any atom is -0.457 e. The zero-order valence-corrected chi connectivity index (χ0v) is 23.9. The predicted molar refractivity (Wildman–Crippen MR) is 153 cm³/mol. The van der Waals surface area contributed by atoms with Crippen molar-refractivity contribution in [3.05, 3.63) is 124 Å². The van der Waals surface area contributed by atoms with Crippen molar-refractivity contribution in [1.29, 1.82) is 0 Å². The number of halogens is 5. The van der Waals surface area contributed by atoms with Crippen LogP contribution in [0, 0.1) is 0 Å². The third kappa shape index (κ3) is 6.88. The lowest BCUT2D eigenvalue weighted by molar-refractivity contribution is -0.137. The second kappa shape index (κ2) is 11.7. The van der Waals surface area contributed by atoms with Gasteiger partial charge in [-0.15, -0.1) is 0 Å². The second-order valence-corrected chi connectivity index (χ2v) is 12.4. The van der Waals surface area contributed by atoms with Crippen molar-refractivity contribution >= 4 is 33.2 Å². The summed E-state index contributed by atoms with van der Waals surface area (Å²) < 4.78 is 74.3. The van der Waals surface area contributed by atoms with Crippen molar-refractivity contribution in [3.63, 3.8) is 0 Å². The highest BCUT2D eigenvalue weighted by molar-refractivity contribution is 7.89. The molecule has 0 aromatic heterocycles. The van der Waals surface area contributed by atoms with Crippen LogP contribution in [0.25, 0.3) is 0 Å². The lowest BCUT2D eigenvalue weighted by Gasteiger charge is -2.31. The van der Waals surface area contributed by atoms with E-state index in [1.54, 1.807) is 18.2 Å². The van der Waals surface area contributed by atoms with E-state index in [-0.39, 0.29) is 16.4 Å². The van der Waals surface area contributed by atoms with E-state index < -0.39 is 27.3 Å². The SMILES string of the molecule is O=S(=O)(N[C@]1(c2ccc(Cl)c(Cl)c2)CCN(Cc2ccccc2)C1)c1ccc(Oc2ccc(C(F)(F)F)cc2)cc1. The molecule has 0 unspecified atom stereocenters. The summed E-state index contributed by atoms with van der Waals surface area (Å²) >= 11 is 12.5. The van der Waals surface area contributed by atoms with Gasteiger partial charge in [0.1, 0.15) is 11.5 Å². The van der Waals surface area contributed by atoms with Crippen molar-refractivity contribution in [2.24, 2.45) is 0 Å². The largest absolute Gasteiger partial charge is 0.457 e. The second-order valence-electron chi connectivity index (χ2n) is 9.86. The molecule has 4 aromatic carbocycles. The number of sulfonamides is 1. The Morgan fingerprint density at radius 3 is 2.10 bits per heavy atom. The highest BCUT2D eigenvalue weighted by atomic mass is 35.5. The zero-order valence-electron chi connectivity index (χ0n) is 21.5. The molecule has 0 aliphatic carbocycles. The van der Waals surface area contributed by atoms with E-state index in [1.807, 2.05) is 30.3 Å². The Morgan fingerprint density at radius 2 is 1.49 bits per heavy atom. The normalized spacial score (nSPS) is 18.0. The molecule has 1 aliphatic rings. The molecule has 5 rings (SSSR count). The van der Waals surface area contributed by atoms with Gasteiger partial charge in [-0.1, -0.05) is 59.6 Å². The van der Waals surface area contributed by atoms with Crippen LogP contribution in [0.3, 0.4) is 0 Å². The first-order valence-corrected chi connectivity index (χ1v) is 14.9. The van der Waals surface area contributed by atoms with Crippen LogP contribution >= 0.6 is 23.2 Å². The summed E-state index contributed by atoms with van der Waals surface area (Å²) in [6.45, 7) is 1.72. The van der Waals surface area contributed by atoms with Crippen LogP contribution in [0.1, 0.15) is 23.1 Å². The topological polar surface area (TPSA) is 58.6 Å². The number of rotatable bonds is 8. The first-order valence-electron chi connectivity index (χ1n) is 12.6. The van der Waals surface area contributed by atoms with E-state index in [9.17, 15) is 21.6 Å². The van der Waals surface area contributed by atoms with E-state index in [0.717, 1.165) is 17.7 Å². The number of benzene rings is 4. The first-order chi connectivity index (χ1) is 19.4. The maximum absolute atomic E-state index is 13.6. The monoisotopic (exact) mass is 620 g/mol. The summed E-state index contributed by atoms with van der Waals surface area (Å²) in [5.41, 5.74) is 0.0665. The molecule has 1 N–H and O–H groups in total.